The van der Waals surface area contributed by atoms with Crippen molar-refractivity contribution < 1.29 is 4.42 Å². The van der Waals surface area contributed by atoms with Crippen molar-refractivity contribution in [2.24, 2.45) is 10.8 Å². The monoisotopic (exact) mass is 343 g/mol. The maximum atomic E-state index is 6.36. The van der Waals surface area contributed by atoms with E-state index in [4.69, 9.17) is 4.42 Å². The summed E-state index contributed by atoms with van der Waals surface area (Å²) in [5, 5.41) is 3.69. The van der Waals surface area contributed by atoms with E-state index in [9.17, 15) is 0 Å². The molecule has 1 aliphatic rings. The molecule has 2 nitrogen and oxygen atoms in total. The van der Waals surface area contributed by atoms with Gasteiger partial charge in [0.25, 0.3) is 0 Å². The number of furan rings is 1. The molecule has 1 N–H and O–H groups in total. The summed E-state index contributed by atoms with van der Waals surface area (Å²) < 4.78 is 6.36. The second-order valence-corrected chi connectivity index (χ2v) is 9.88. The minimum absolute atomic E-state index is 0.0797. The highest BCUT2D eigenvalue weighted by molar-refractivity contribution is 5.66. The van der Waals surface area contributed by atoms with Gasteiger partial charge in [0, 0.05) is 29.0 Å². The highest BCUT2D eigenvalue weighted by atomic mass is 16.3. The average molecular weight is 344 g/mol. The molecule has 0 aromatic carbocycles. The zero-order valence-corrected chi connectivity index (χ0v) is 17.5. The van der Waals surface area contributed by atoms with Gasteiger partial charge in [-0.05, 0) is 44.7 Å². The quantitative estimate of drug-likeness (QED) is 0.626. The third kappa shape index (κ3) is 5.34. The molecule has 2 rings (SSSR count). The normalized spacial score (nSPS) is 18.1. The Morgan fingerprint density at radius 1 is 1.08 bits per heavy atom. The van der Waals surface area contributed by atoms with Crippen LogP contribution in [-0.2, 0) is 0 Å². The van der Waals surface area contributed by atoms with Crippen LogP contribution < -0.4 is 5.32 Å². The van der Waals surface area contributed by atoms with E-state index in [-0.39, 0.29) is 16.4 Å². The molecule has 0 aliphatic heterocycles. The molecule has 0 fully saturated rings. The first-order valence-electron chi connectivity index (χ1n) is 9.71. The van der Waals surface area contributed by atoms with Gasteiger partial charge in [0.15, 0.2) is 0 Å². The van der Waals surface area contributed by atoms with Crippen LogP contribution in [-0.4, -0.2) is 12.1 Å². The van der Waals surface area contributed by atoms with Gasteiger partial charge in [-0.3, -0.25) is 0 Å². The highest BCUT2D eigenvalue weighted by Crippen LogP contribution is 2.42. The fourth-order valence-electron chi connectivity index (χ4n) is 3.51. The summed E-state index contributed by atoms with van der Waals surface area (Å²) in [4.78, 5) is 0. The Hall–Kier alpha value is -1.28. The summed E-state index contributed by atoms with van der Waals surface area (Å²) in [6, 6.07) is 2.25. The minimum Gasteiger partial charge on any atom is -0.461 e. The smallest absolute Gasteiger partial charge is 0.133 e. The van der Waals surface area contributed by atoms with E-state index in [1.54, 1.807) is 0 Å². The molecule has 1 unspecified atom stereocenters. The first-order chi connectivity index (χ1) is 11.4. The van der Waals surface area contributed by atoms with Crippen LogP contribution in [0.4, 0.5) is 0 Å². The Kier molecular flexibility index (Phi) is 5.73. The lowest BCUT2D eigenvalue weighted by atomic mass is 9.74. The van der Waals surface area contributed by atoms with Gasteiger partial charge >= 0.3 is 0 Å². The molecule has 0 amide bonds. The fourth-order valence-corrected chi connectivity index (χ4v) is 3.51. The molecule has 140 valence electrons. The SMILES string of the molecule is CCCC(C)(C)C(CNC(C)(C)C)c1cc2c(o1)C=CC(C)(C)C=C2. The zero-order valence-electron chi connectivity index (χ0n) is 17.5. The third-order valence-electron chi connectivity index (χ3n) is 5.18. The Morgan fingerprint density at radius 3 is 2.32 bits per heavy atom. The van der Waals surface area contributed by atoms with E-state index >= 15 is 0 Å². The van der Waals surface area contributed by atoms with Crippen molar-refractivity contribution in [1.29, 1.82) is 0 Å². The van der Waals surface area contributed by atoms with Crippen molar-refractivity contribution in [3.05, 3.63) is 35.3 Å². The minimum atomic E-state index is 0.0797. The van der Waals surface area contributed by atoms with Gasteiger partial charge < -0.3 is 9.73 Å². The molecule has 1 aromatic heterocycles. The molecule has 2 heteroatoms. The van der Waals surface area contributed by atoms with Crippen LogP contribution in [0.1, 0.15) is 91.2 Å². The molecular formula is C23H37NO. The van der Waals surface area contributed by atoms with Gasteiger partial charge in [0.05, 0.1) is 0 Å². The number of allylic oxidation sites excluding steroid dienone is 2. The van der Waals surface area contributed by atoms with E-state index in [1.165, 1.54) is 18.4 Å². The Bertz CT molecular complexity index is 604. The lowest BCUT2D eigenvalue weighted by Crippen LogP contribution is -2.41. The number of hydrogen-bond acceptors (Lipinski definition) is 2. The lowest BCUT2D eigenvalue weighted by Gasteiger charge is -2.35. The first-order valence-corrected chi connectivity index (χ1v) is 9.71. The van der Waals surface area contributed by atoms with Gasteiger partial charge in [-0.25, -0.2) is 0 Å². The molecule has 0 radical (unpaired) electrons. The molecule has 1 atom stereocenters. The van der Waals surface area contributed by atoms with Crippen LogP contribution in [0.5, 0.6) is 0 Å². The number of rotatable bonds is 6. The molecule has 1 heterocycles. The van der Waals surface area contributed by atoms with Crippen molar-refractivity contribution in [3.63, 3.8) is 0 Å². The third-order valence-corrected chi connectivity index (χ3v) is 5.18. The largest absolute Gasteiger partial charge is 0.461 e. The second-order valence-electron chi connectivity index (χ2n) is 9.88. The van der Waals surface area contributed by atoms with Gasteiger partial charge in [-0.1, -0.05) is 59.3 Å². The summed E-state index contributed by atoms with van der Waals surface area (Å²) in [6.45, 7) is 19.0. The van der Waals surface area contributed by atoms with Crippen LogP contribution in [0.15, 0.2) is 22.6 Å². The summed E-state index contributed by atoms with van der Waals surface area (Å²) in [5.41, 5.74) is 1.57. The van der Waals surface area contributed by atoms with Gasteiger partial charge in [-0.2, -0.15) is 0 Å². The van der Waals surface area contributed by atoms with E-state index < -0.39 is 0 Å². The van der Waals surface area contributed by atoms with Crippen LogP contribution in [0.25, 0.3) is 12.2 Å². The van der Waals surface area contributed by atoms with Crippen molar-refractivity contribution in [3.8, 4) is 0 Å². The Morgan fingerprint density at radius 2 is 1.72 bits per heavy atom. The van der Waals surface area contributed by atoms with Crippen molar-refractivity contribution in [2.75, 3.05) is 6.54 Å². The molecule has 0 spiro atoms. The number of nitrogens with one attached hydrogen (secondary N) is 1. The standard InChI is InChI=1S/C23H37NO/c1-9-12-23(7,8)18(16-24-21(2,3)4)20-15-17-10-13-22(5,6)14-11-19(17)25-20/h10-11,13-15,18,24H,9,12,16H2,1-8H3. The topological polar surface area (TPSA) is 25.2 Å². The maximum Gasteiger partial charge on any atom is 0.133 e. The summed E-state index contributed by atoms with van der Waals surface area (Å²) in [5.74, 6) is 2.45. The van der Waals surface area contributed by atoms with Crippen LogP contribution in [0.2, 0.25) is 0 Å². The average Bonchev–Trinajstić information content (AvgIpc) is 2.79. The second kappa shape index (κ2) is 7.15. The predicted molar refractivity (Wildman–Crippen MR) is 110 cm³/mol. The number of hydrogen-bond donors (Lipinski definition) is 1. The molecule has 1 aliphatic carbocycles. The van der Waals surface area contributed by atoms with Crippen LogP contribution in [0, 0.1) is 10.8 Å². The van der Waals surface area contributed by atoms with Gasteiger partial charge in [-0.15, -0.1) is 0 Å². The number of fused-ring (bicyclic) bond motifs is 1. The summed E-state index contributed by atoms with van der Waals surface area (Å²) in [6.07, 6.45) is 11.2. The van der Waals surface area contributed by atoms with Crippen molar-refractivity contribution >= 4 is 12.2 Å². The van der Waals surface area contributed by atoms with Crippen molar-refractivity contribution in [2.45, 2.75) is 79.7 Å². The summed E-state index contributed by atoms with van der Waals surface area (Å²) in [7, 11) is 0. The highest BCUT2D eigenvalue weighted by Gasteiger charge is 2.34. The maximum absolute atomic E-state index is 6.36. The molecule has 25 heavy (non-hydrogen) atoms. The van der Waals surface area contributed by atoms with Crippen LogP contribution in [0.3, 0.4) is 0 Å². The zero-order chi connectivity index (χ0) is 18.9. The van der Waals surface area contributed by atoms with E-state index in [1.807, 2.05) is 0 Å². The summed E-state index contributed by atoms with van der Waals surface area (Å²) >= 11 is 0. The Labute approximate surface area is 154 Å². The van der Waals surface area contributed by atoms with Crippen LogP contribution >= 0.6 is 0 Å². The molecule has 0 bridgehead atoms. The van der Waals surface area contributed by atoms with E-state index in [0.29, 0.717) is 5.92 Å². The molecule has 0 saturated heterocycles. The predicted octanol–water partition coefficient (Wildman–Crippen LogP) is 6.64. The van der Waals surface area contributed by atoms with Gasteiger partial charge in [0.2, 0.25) is 0 Å². The molecule has 0 saturated carbocycles. The van der Waals surface area contributed by atoms with Crippen molar-refractivity contribution in [1.82, 2.24) is 5.32 Å². The first kappa shape index (κ1) is 20.0. The Balaban J connectivity index is 2.35. The van der Waals surface area contributed by atoms with Gasteiger partial charge in [0.1, 0.15) is 11.5 Å². The van der Waals surface area contributed by atoms with E-state index in [0.717, 1.165) is 18.1 Å². The fraction of sp³-hybridized carbons (Fsp3) is 0.652. The van der Waals surface area contributed by atoms with E-state index in [2.05, 4.69) is 91.1 Å². The lowest BCUT2D eigenvalue weighted by molar-refractivity contribution is 0.213. The molecular weight excluding hydrogens is 306 g/mol. The molecule has 1 aromatic rings.